The number of nitrogens with zero attached hydrogens (tertiary/aromatic N) is 4. The first-order valence-electron chi connectivity index (χ1n) is 9.93. The highest BCUT2D eigenvalue weighted by Crippen LogP contribution is 2.26. The number of amides is 3. The van der Waals surface area contributed by atoms with Crippen molar-refractivity contribution >= 4 is 17.7 Å². The lowest BCUT2D eigenvalue weighted by atomic mass is 9.96. The zero-order valence-corrected chi connectivity index (χ0v) is 18.1. The smallest absolute Gasteiger partial charge is 0.272 e. The molecule has 10 heteroatoms. The van der Waals surface area contributed by atoms with Gasteiger partial charge in [0.15, 0.2) is 5.69 Å². The molecule has 1 aliphatic rings. The summed E-state index contributed by atoms with van der Waals surface area (Å²) in [5.74, 6) is -1.49. The number of carbonyl (C=O) groups excluding carboxylic acids is 3. The fourth-order valence-electron chi connectivity index (χ4n) is 3.30. The standard InChI is InChI=1S/C21H27FN6O3/c1-21(20(31)24-12-14-5-7-15(22)8-6-14)13-28-17(19(30)27(21)4)11-16(25-28)18(29)23-9-10-26(2)3/h5-8,11H,9-10,12-13H2,1-4H3,(H,23,29)(H,24,31). The maximum absolute atomic E-state index is 13.1. The second-order valence-corrected chi connectivity index (χ2v) is 8.08. The van der Waals surface area contributed by atoms with E-state index in [-0.39, 0.29) is 42.1 Å². The van der Waals surface area contributed by atoms with Crippen molar-refractivity contribution in [2.24, 2.45) is 0 Å². The van der Waals surface area contributed by atoms with Crippen LogP contribution in [0.2, 0.25) is 0 Å². The van der Waals surface area contributed by atoms with Gasteiger partial charge in [0.1, 0.15) is 17.1 Å². The van der Waals surface area contributed by atoms with Crippen molar-refractivity contribution < 1.29 is 18.8 Å². The third kappa shape index (κ3) is 4.74. The number of fused-ring (bicyclic) bond motifs is 1. The molecule has 2 aromatic rings. The van der Waals surface area contributed by atoms with Crippen LogP contribution in [-0.4, -0.2) is 77.1 Å². The van der Waals surface area contributed by atoms with Crippen LogP contribution in [0.15, 0.2) is 30.3 Å². The molecule has 1 aliphatic heterocycles. The number of carbonyl (C=O) groups is 3. The van der Waals surface area contributed by atoms with Crippen LogP contribution in [0, 0.1) is 5.82 Å². The van der Waals surface area contributed by atoms with Gasteiger partial charge in [0.25, 0.3) is 11.8 Å². The topological polar surface area (TPSA) is 99.6 Å². The third-order valence-corrected chi connectivity index (χ3v) is 5.43. The lowest BCUT2D eigenvalue weighted by Crippen LogP contribution is -2.62. The highest BCUT2D eigenvalue weighted by Gasteiger charge is 2.46. The molecule has 1 aromatic carbocycles. The predicted molar refractivity (Wildman–Crippen MR) is 112 cm³/mol. The van der Waals surface area contributed by atoms with Crippen molar-refractivity contribution in [3.8, 4) is 0 Å². The lowest BCUT2D eigenvalue weighted by molar-refractivity contribution is -0.132. The Morgan fingerprint density at radius 3 is 2.55 bits per heavy atom. The molecule has 1 unspecified atom stereocenters. The van der Waals surface area contributed by atoms with Crippen LogP contribution in [0.1, 0.15) is 33.5 Å². The van der Waals surface area contributed by atoms with E-state index < -0.39 is 11.4 Å². The van der Waals surface area contributed by atoms with E-state index in [1.165, 1.54) is 27.8 Å². The predicted octanol–water partition coefficient (Wildman–Crippen LogP) is 0.474. The van der Waals surface area contributed by atoms with E-state index in [9.17, 15) is 18.8 Å². The van der Waals surface area contributed by atoms with Gasteiger partial charge in [-0.25, -0.2) is 4.39 Å². The van der Waals surface area contributed by atoms with Gasteiger partial charge < -0.3 is 20.4 Å². The summed E-state index contributed by atoms with van der Waals surface area (Å²) in [5, 5.41) is 9.82. The minimum absolute atomic E-state index is 0.102. The second kappa shape index (κ2) is 8.84. The van der Waals surface area contributed by atoms with Crippen LogP contribution in [0.5, 0.6) is 0 Å². The van der Waals surface area contributed by atoms with Gasteiger partial charge in [0.05, 0.1) is 6.54 Å². The summed E-state index contributed by atoms with van der Waals surface area (Å²) in [6, 6.07) is 7.25. The van der Waals surface area contributed by atoms with Crippen LogP contribution in [-0.2, 0) is 17.9 Å². The van der Waals surface area contributed by atoms with Crippen LogP contribution >= 0.6 is 0 Å². The Labute approximate surface area is 180 Å². The Balaban J connectivity index is 1.72. The van der Waals surface area contributed by atoms with Gasteiger partial charge in [-0.1, -0.05) is 12.1 Å². The summed E-state index contributed by atoms with van der Waals surface area (Å²) in [6.07, 6.45) is 0. The first kappa shape index (κ1) is 22.4. The zero-order chi connectivity index (χ0) is 22.8. The molecule has 9 nitrogen and oxygen atoms in total. The maximum atomic E-state index is 13.1. The summed E-state index contributed by atoms with van der Waals surface area (Å²) >= 11 is 0. The molecule has 2 N–H and O–H groups in total. The molecule has 3 amide bonds. The minimum atomic E-state index is -1.20. The van der Waals surface area contributed by atoms with Gasteiger partial charge in [-0.15, -0.1) is 0 Å². The summed E-state index contributed by atoms with van der Waals surface area (Å²) in [5.41, 5.74) is -0.0791. The van der Waals surface area contributed by atoms with E-state index in [0.29, 0.717) is 13.1 Å². The molecule has 2 heterocycles. The molecule has 0 aliphatic carbocycles. The van der Waals surface area contributed by atoms with E-state index in [0.717, 1.165) is 5.56 Å². The maximum Gasteiger partial charge on any atom is 0.272 e. The number of rotatable bonds is 7. The number of hydrogen-bond donors (Lipinski definition) is 2. The van der Waals surface area contributed by atoms with Crippen molar-refractivity contribution in [3.63, 3.8) is 0 Å². The molecule has 0 saturated carbocycles. The van der Waals surface area contributed by atoms with E-state index in [1.54, 1.807) is 26.1 Å². The second-order valence-electron chi connectivity index (χ2n) is 8.08. The van der Waals surface area contributed by atoms with Crippen molar-refractivity contribution in [2.45, 2.75) is 25.6 Å². The fraction of sp³-hybridized carbons (Fsp3) is 0.429. The number of hydrogen-bond acceptors (Lipinski definition) is 5. The molecule has 0 spiro atoms. The summed E-state index contributed by atoms with van der Waals surface area (Å²) in [7, 11) is 5.35. The highest BCUT2D eigenvalue weighted by atomic mass is 19.1. The summed E-state index contributed by atoms with van der Waals surface area (Å²) < 4.78 is 14.5. The molecule has 0 radical (unpaired) electrons. The normalized spacial score (nSPS) is 18.1. The van der Waals surface area contributed by atoms with Gasteiger partial charge in [0, 0.05) is 32.7 Å². The van der Waals surface area contributed by atoms with E-state index >= 15 is 0 Å². The van der Waals surface area contributed by atoms with Gasteiger partial charge in [-0.05, 0) is 38.7 Å². The van der Waals surface area contributed by atoms with E-state index in [4.69, 9.17) is 0 Å². The Bertz CT molecular complexity index is 988. The Morgan fingerprint density at radius 2 is 1.90 bits per heavy atom. The number of nitrogens with one attached hydrogen (secondary N) is 2. The number of benzene rings is 1. The quantitative estimate of drug-likeness (QED) is 0.666. The van der Waals surface area contributed by atoms with Crippen molar-refractivity contribution in [2.75, 3.05) is 34.2 Å². The van der Waals surface area contributed by atoms with Crippen LogP contribution in [0.3, 0.4) is 0 Å². The molecule has 31 heavy (non-hydrogen) atoms. The zero-order valence-electron chi connectivity index (χ0n) is 18.1. The van der Waals surface area contributed by atoms with Crippen molar-refractivity contribution in [1.29, 1.82) is 0 Å². The third-order valence-electron chi connectivity index (χ3n) is 5.43. The number of aromatic nitrogens is 2. The monoisotopic (exact) mass is 430 g/mol. The molecule has 0 saturated heterocycles. The van der Waals surface area contributed by atoms with Crippen LogP contribution < -0.4 is 10.6 Å². The molecular weight excluding hydrogens is 403 g/mol. The van der Waals surface area contributed by atoms with Crippen LogP contribution in [0.4, 0.5) is 4.39 Å². The van der Waals surface area contributed by atoms with Crippen molar-refractivity contribution in [3.05, 3.63) is 53.1 Å². The first-order chi connectivity index (χ1) is 14.6. The largest absolute Gasteiger partial charge is 0.350 e. The Morgan fingerprint density at radius 1 is 1.23 bits per heavy atom. The van der Waals surface area contributed by atoms with Crippen molar-refractivity contribution in [1.82, 2.24) is 30.2 Å². The Hall–Kier alpha value is -3.27. The minimum Gasteiger partial charge on any atom is -0.350 e. The highest BCUT2D eigenvalue weighted by molar-refractivity contribution is 6.01. The molecule has 1 atom stereocenters. The van der Waals surface area contributed by atoms with Gasteiger partial charge in [-0.2, -0.15) is 5.10 Å². The van der Waals surface area contributed by atoms with Gasteiger partial charge in [-0.3, -0.25) is 19.1 Å². The first-order valence-corrected chi connectivity index (χ1v) is 9.93. The van der Waals surface area contributed by atoms with Crippen LogP contribution in [0.25, 0.3) is 0 Å². The van der Waals surface area contributed by atoms with Gasteiger partial charge in [0.2, 0.25) is 5.91 Å². The van der Waals surface area contributed by atoms with E-state index in [2.05, 4.69) is 15.7 Å². The van der Waals surface area contributed by atoms with E-state index in [1.807, 2.05) is 19.0 Å². The fourth-order valence-corrected chi connectivity index (χ4v) is 3.30. The Kier molecular flexibility index (Phi) is 6.40. The number of halogens is 1. The molecule has 166 valence electrons. The lowest BCUT2D eigenvalue weighted by Gasteiger charge is -2.40. The van der Waals surface area contributed by atoms with Gasteiger partial charge >= 0.3 is 0 Å². The summed E-state index contributed by atoms with van der Waals surface area (Å²) in [4.78, 5) is 41.5. The average molecular weight is 430 g/mol. The molecular formula is C21H27FN6O3. The molecule has 3 rings (SSSR count). The SMILES string of the molecule is CN(C)CCNC(=O)c1cc2n(n1)CC(C)(C(=O)NCc1ccc(F)cc1)N(C)C2=O. The number of likely N-dealkylation sites (N-methyl/N-ethyl adjacent to an activating group) is 2. The molecule has 1 aromatic heterocycles. The molecule has 0 bridgehead atoms. The molecule has 0 fully saturated rings. The average Bonchev–Trinajstić information content (AvgIpc) is 3.15. The summed E-state index contributed by atoms with van der Waals surface area (Å²) in [6.45, 7) is 3.07.